The van der Waals surface area contributed by atoms with Crippen molar-refractivity contribution < 1.29 is 23.6 Å². The van der Waals surface area contributed by atoms with Crippen LogP contribution in [0.25, 0.3) is 11.5 Å². The van der Waals surface area contributed by atoms with Crippen molar-refractivity contribution in [2.45, 2.75) is 13.0 Å². The van der Waals surface area contributed by atoms with Crippen LogP contribution in [0, 0.1) is 0 Å². The first kappa shape index (κ1) is 15.9. The zero-order valence-corrected chi connectivity index (χ0v) is 13.2. The van der Waals surface area contributed by atoms with Crippen molar-refractivity contribution in [3.8, 4) is 17.2 Å². The molecule has 0 bridgehead atoms. The first-order chi connectivity index (χ1) is 11.6. The molecule has 1 aromatic heterocycles. The highest BCUT2D eigenvalue weighted by molar-refractivity contribution is 6.06. The third-order valence-electron chi connectivity index (χ3n) is 3.51. The van der Waals surface area contributed by atoms with E-state index in [0.717, 1.165) is 0 Å². The van der Waals surface area contributed by atoms with Crippen molar-refractivity contribution in [2.75, 3.05) is 25.7 Å². The third kappa shape index (κ3) is 3.06. The molecule has 9 heteroatoms. The average molecular weight is 332 g/mol. The van der Waals surface area contributed by atoms with E-state index in [2.05, 4.69) is 15.5 Å². The lowest BCUT2D eigenvalue weighted by Gasteiger charge is -2.27. The Hall–Kier alpha value is -2.94. The van der Waals surface area contributed by atoms with Gasteiger partial charge < -0.3 is 14.0 Å². The zero-order valence-electron chi connectivity index (χ0n) is 13.2. The largest absolute Gasteiger partial charge is 0.495 e. The van der Waals surface area contributed by atoms with E-state index in [0.29, 0.717) is 35.3 Å². The first-order valence-corrected chi connectivity index (χ1v) is 7.23. The number of anilines is 1. The zero-order chi connectivity index (χ0) is 17.1. The number of amides is 3. The molecule has 0 spiro atoms. The summed E-state index contributed by atoms with van der Waals surface area (Å²) in [6.07, 6.45) is 0.237. The Morgan fingerprint density at radius 2 is 2.17 bits per heavy atom. The molecule has 1 fully saturated rings. The van der Waals surface area contributed by atoms with E-state index < -0.39 is 6.03 Å². The van der Waals surface area contributed by atoms with Crippen LogP contribution in [0.5, 0.6) is 5.75 Å². The van der Waals surface area contributed by atoms with Crippen LogP contribution in [-0.2, 0) is 16.1 Å². The lowest BCUT2D eigenvalue weighted by atomic mass is 10.1. The maximum Gasteiger partial charge on any atom is 0.328 e. The van der Waals surface area contributed by atoms with Gasteiger partial charge in [-0.3, -0.25) is 15.0 Å². The number of carbonyl (C=O) groups is 2. The number of imide groups is 1. The van der Waals surface area contributed by atoms with Gasteiger partial charge in [0.05, 0.1) is 12.8 Å². The minimum atomic E-state index is -0.475. The summed E-state index contributed by atoms with van der Waals surface area (Å²) in [5.41, 5.74) is 1.21. The summed E-state index contributed by atoms with van der Waals surface area (Å²) >= 11 is 0. The quantitative estimate of drug-likeness (QED) is 0.880. The van der Waals surface area contributed by atoms with Gasteiger partial charge in [0.25, 0.3) is 5.89 Å². The Labute approximate surface area is 137 Å². The van der Waals surface area contributed by atoms with Gasteiger partial charge in [-0.15, -0.1) is 0 Å². The van der Waals surface area contributed by atoms with Gasteiger partial charge in [-0.2, -0.15) is 4.98 Å². The lowest BCUT2D eigenvalue weighted by Crippen LogP contribution is -2.49. The maximum absolute atomic E-state index is 12.0. The number of rotatable bonds is 5. The molecule has 3 rings (SSSR count). The van der Waals surface area contributed by atoms with Crippen LogP contribution in [0.4, 0.5) is 10.5 Å². The topological polar surface area (TPSA) is 107 Å². The molecule has 0 atom stereocenters. The Morgan fingerprint density at radius 1 is 1.33 bits per heavy atom. The number of ether oxygens (including phenoxy) is 2. The van der Waals surface area contributed by atoms with Crippen molar-refractivity contribution >= 4 is 17.6 Å². The molecule has 1 aliphatic rings. The summed E-state index contributed by atoms with van der Waals surface area (Å²) in [6, 6.07) is 4.68. The summed E-state index contributed by atoms with van der Waals surface area (Å²) in [5.74, 6) is 0.932. The summed E-state index contributed by atoms with van der Waals surface area (Å²) in [7, 11) is 3.04. The number of nitrogens with one attached hydrogen (secondary N) is 1. The molecule has 0 unspecified atom stereocenters. The SMILES string of the molecule is COCc1noc(-c2ccc(N3CCC(=O)NC3=O)c(OC)c2)n1. The van der Waals surface area contributed by atoms with E-state index >= 15 is 0 Å². The van der Waals surface area contributed by atoms with Crippen LogP contribution in [0.15, 0.2) is 22.7 Å². The molecule has 9 nitrogen and oxygen atoms in total. The smallest absolute Gasteiger partial charge is 0.328 e. The summed E-state index contributed by atoms with van der Waals surface area (Å²) in [4.78, 5) is 28.9. The minimum absolute atomic E-state index is 0.237. The van der Waals surface area contributed by atoms with Crippen LogP contribution in [0.3, 0.4) is 0 Å². The Balaban J connectivity index is 1.90. The molecule has 0 radical (unpaired) electrons. The summed E-state index contributed by atoms with van der Waals surface area (Å²) < 4.78 is 15.5. The van der Waals surface area contributed by atoms with E-state index in [1.54, 1.807) is 25.3 Å². The lowest BCUT2D eigenvalue weighted by molar-refractivity contribution is -0.120. The number of carbonyl (C=O) groups excluding carboxylic acids is 2. The molecule has 0 aliphatic carbocycles. The van der Waals surface area contributed by atoms with Crippen LogP contribution in [0.1, 0.15) is 12.2 Å². The first-order valence-electron chi connectivity index (χ1n) is 7.23. The van der Waals surface area contributed by atoms with Crippen molar-refractivity contribution in [3.63, 3.8) is 0 Å². The van der Waals surface area contributed by atoms with Gasteiger partial charge >= 0.3 is 6.03 Å². The molecule has 1 aliphatic heterocycles. The molecule has 2 aromatic rings. The van der Waals surface area contributed by atoms with Crippen molar-refractivity contribution in [2.24, 2.45) is 0 Å². The monoisotopic (exact) mass is 332 g/mol. The van der Waals surface area contributed by atoms with Gasteiger partial charge in [0.1, 0.15) is 12.4 Å². The molecule has 1 aromatic carbocycles. The highest BCUT2D eigenvalue weighted by atomic mass is 16.5. The second-order valence-electron chi connectivity index (χ2n) is 5.09. The van der Waals surface area contributed by atoms with E-state index in [1.807, 2.05) is 0 Å². The molecule has 1 N–H and O–H groups in total. The molecule has 126 valence electrons. The fourth-order valence-electron chi connectivity index (χ4n) is 2.39. The Morgan fingerprint density at radius 3 is 2.88 bits per heavy atom. The standard InChI is InChI=1S/C15H16N4O5/c1-22-8-12-16-14(24-18-12)9-3-4-10(11(7-9)23-2)19-6-5-13(20)17-15(19)21/h3-4,7H,5-6,8H2,1-2H3,(H,17,20,21). The van der Waals surface area contributed by atoms with Gasteiger partial charge in [0.15, 0.2) is 5.82 Å². The van der Waals surface area contributed by atoms with Crippen molar-refractivity contribution in [1.82, 2.24) is 15.5 Å². The average Bonchev–Trinajstić information content (AvgIpc) is 3.03. The van der Waals surface area contributed by atoms with Gasteiger partial charge in [-0.05, 0) is 18.2 Å². The van der Waals surface area contributed by atoms with E-state index in [-0.39, 0.29) is 18.9 Å². The predicted molar refractivity (Wildman–Crippen MR) is 82.5 cm³/mol. The Bertz CT molecular complexity index is 773. The number of aromatic nitrogens is 2. The number of hydrogen-bond acceptors (Lipinski definition) is 7. The number of nitrogens with zero attached hydrogens (tertiary/aromatic N) is 3. The highest BCUT2D eigenvalue weighted by Crippen LogP contribution is 2.33. The molecule has 1 saturated heterocycles. The Kier molecular flexibility index (Phi) is 4.43. The number of hydrogen-bond donors (Lipinski definition) is 1. The fourth-order valence-corrected chi connectivity index (χ4v) is 2.39. The van der Waals surface area contributed by atoms with E-state index in [9.17, 15) is 9.59 Å². The fraction of sp³-hybridized carbons (Fsp3) is 0.333. The van der Waals surface area contributed by atoms with E-state index in [1.165, 1.54) is 12.0 Å². The molecule has 0 saturated carbocycles. The van der Waals surface area contributed by atoms with Crippen molar-refractivity contribution in [3.05, 3.63) is 24.0 Å². The van der Waals surface area contributed by atoms with Crippen LogP contribution >= 0.6 is 0 Å². The minimum Gasteiger partial charge on any atom is -0.495 e. The van der Waals surface area contributed by atoms with Crippen LogP contribution in [-0.4, -0.2) is 42.8 Å². The molecule has 3 amide bonds. The third-order valence-corrected chi connectivity index (χ3v) is 3.51. The van der Waals surface area contributed by atoms with Crippen molar-refractivity contribution in [1.29, 1.82) is 0 Å². The summed E-state index contributed by atoms with van der Waals surface area (Å²) in [6.45, 7) is 0.541. The number of methoxy groups -OCH3 is 2. The van der Waals surface area contributed by atoms with Gasteiger partial charge in [0.2, 0.25) is 5.91 Å². The highest BCUT2D eigenvalue weighted by Gasteiger charge is 2.26. The van der Waals surface area contributed by atoms with Gasteiger partial charge in [-0.1, -0.05) is 5.16 Å². The molecular formula is C15H16N4O5. The normalized spacial score (nSPS) is 14.7. The van der Waals surface area contributed by atoms with Crippen LogP contribution in [0.2, 0.25) is 0 Å². The molecule has 2 heterocycles. The van der Waals surface area contributed by atoms with E-state index in [4.69, 9.17) is 14.0 Å². The maximum atomic E-state index is 12.0. The molecular weight excluding hydrogens is 316 g/mol. The molecule has 24 heavy (non-hydrogen) atoms. The van der Waals surface area contributed by atoms with Crippen LogP contribution < -0.4 is 15.0 Å². The summed E-state index contributed by atoms with van der Waals surface area (Å²) in [5, 5.41) is 6.09. The predicted octanol–water partition coefficient (Wildman–Crippen LogP) is 1.34. The van der Waals surface area contributed by atoms with Gasteiger partial charge in [0, 0.05) is 25.6 Å². The second kappa shape index (κ2) is 6.67. The van der Waals surface area contributed by atoms with Gasteiger partial charge in [-0.25, -0.2) is 4.79 Å². The number of benzene rings is 1. The second-order valence-corrected chi connectivity index (χ2v) is 5.09. The number of urea groups is 1.